The highest BCUT2D eigenvalue weighted by atomic mass is 35.5. The number of benzene rings is 1. The van der Waals surface area contributed by atoms with E-state index in [-0.39, 0.29) is 23.7 Å². The van der Waals surface area contributed by atoms with Crippen LogP contribution in [0, 0.1) is 11.7 Å². The highest BCUT2D eigenvalue weighted by Gasteiger charge is 2.25. The normalized spacial score (nSPS) is 12.6. The standard InChI is InChI=1S/C13H14ClFN4O2/c1-7(2)11(6-12(20)21)19-13(16-17-18-19)9-5-8(14)3-4-10(9)15/h3-5,7,11H,6H2,1-2H3,(H,20,21). The minimum absolute atomic E-state index is 0.0365. The molecule has 2 rings (SSSR count). The average molecular weight is 313 g/mol. The molecule has 21 heavy (non-hydrogen) atoms. The lowest BCUT2D eigenvalue weighted by atomic mass is 10.0. The largest absolute Gasteiger partial charge is 0.481 e. The van der Waals surface area contributed by atoms with Crippen LogP contribution in [0.15, 0.2) is 18.2 Å². The lowest BCUT2D eigenvalue weighted by Gasteiger charge is -2.20. The molecule has 1 heterocycles. The summed E-state index contributed by atoms with van der Waals surface area (Å²) in [6.45, 7) is 3.71. The number of hydrogen-bond donors (Lipinski definition) is 1. The van der Waals surface area contributed by atoms with Gasteiger partial charge in [0.1, 0.15) is 5.82 Å². The maximum Gasteiger partial charge on any atom is 0.305 e. The van der Waals surface area contributed by atoms with Crippen molar-refractivity contribution in [2.45, 2.75) is 26.3 Å². The number of aromatic nitrogens is 4. The lowest BCUT2D eigenvalue weighted by molar-refractivity contribution is -0.138. The predicted octanol–water partition coefficient (Wildman–Crippen LogP) is 2.80. The van der Waals surface area contributed by atoms with Crippen LogP contribution in [-0.4, -0.2) is 31.3 Å². The van der Waals surface area contributed by atoms with Gasteiger partial charge < -0.3 is 5.11 Å². The molecule has 1 unspecified atom stereocenters. The van der Waals surface area contributed by atoms with Crippen LogP contribution < -0.4 is 0 Å². The summed E-state index contributed by atoms with van der Waals surface area (Å²) >= 11 is 5.87. The molecule has 0 aliphatic rings. The van der Waals surface area contributed by atoms with Crippen molar-refractivity contribution in [1.82, 2.24) is 20.2 Å². The van der Waals surface area contributed by atoms with Crippen molar-refractivity contribution in [2.75, 3.05) is 0 Å². The first-order chi connectivity index (χ1) is 9.90. The van der Waals surface area contributed by atoms with Gasteiger partial charge in [0.2, 0.25) is 0 Å². The van der Waals surface area contributed by atoms with Crippen molar-refractivity contribution in [2.24, 2.45) is 5.92 Å². The van der Waals surface area contributed by atoms with E-state index in [9.17, 15) is 9.18 Å². The van der Waals surface area contributed by atoms with E-state index >= 15 is 0 Å². The molecular formula is C13H14ClFN4O2. The van der Waals surface area contributed by atoms with E-state index in [0.717, 1.165) is 0 Å². The van der Waals surface area contributed by atoms with Crippen LogP contribution in [0.25, 0.3) is 11.4 Å². The molecule has 0 saturated carbocycles. The predicted molar refractivity (Wildman–Crippen MR) is 74.3 cm³/mol. The number of carboxylic acid groups (broad SMARTS) is 1. The van der Waals surface area contributed by atoms with Crippen molar-refractivity contribution < 1.29 is 14.3 Å². The Bertz CT molecular complexity index is 659. The Morgan fingerprint density at radius 2 is 2.19 bits per heavy atom. The van der Waals surface area contributed by atoms with Crippen LogP contribution in [-0.2, 0) is 4.79 Å². The summed E-state index contributed by atoms with van der Waals surface area (Å²) in [5.41, 5.74) is 0.142. The molecule has 112 valence electrons. The van der Waals surface area contributed by atoms with Gasteiger partial charge in [0.15, 0.2) is 5.82 Å². The SMILES string of the molecule is CC(C)C(CC(=O)O)n1nnnc1-c1cc(Cl)ccc1F. The minimum Gasteiger partial charge on any atom is -0.481 e. The molecule has 6 nitrogen and oxygen atoms in total. The lowest BCUT2D eigenvalue weighted by Crippen LogP contribution is -2.21. The van der Waals surface area contributed by atoms with Crippen LogP contribution in [0.2, 0.25) is 5.02 Å². The smallest absolute Gasteiger partial charge is 0.305 e. The molecule has 0 aliphatic carbocycles. The van der Waals surface area contributed by atoms with Crippen molar-refractivity contribution in [3.05, 3.63) is 29.0 Å². The maximum absolute atomic E-state index is 14.0. The van der Waals surface area contributed by atoms with E-state index in [1.807, 2.05) is 13.8 Å². The summed E-state index contributed by atoms with van der Waals surface area (Å²) in [7, 11) is 0. The molecule has 2 aromatic rings. The van der Waals surface area contributed by atoms with E-state index in [0.29, 0.717) is 5.02 Å². The van der Waals surface area contributed by atoms with E-state index in [1.165, 1.54) is 22.9 Å². The van der Waals surface area contributed by atoms with Gasteiger partial charge in [-0.3, -0.25) is 4.79 Å². The number of hydrogen-bond acceptors (Lipinski definition) is 4. The number of tetrazole rings is 1. The Labute approximate surface area is 125 Å². The van der Waals surface area contributed by atoms with Gasteiger partial charge in [0.05, 0.1) is 18.0 Å². The number of carbonyl (C=O) groups is 1. The Kier molecular flexibility index (Phi) is 4.52. The third kappa shape index (κ3) is 3.36. The molecule has 0 saturated heterocycles. The Morgan fingerprint density at radius 3 is 2.81 bits per heavy atom. The van der Waals surface area contributed by atoms with Gasteiger partial charge in [-0.15, -0.1) is 5.10 Å². The molecule has 0 bridgehead atoms. The second kappa shape index (κ2) is 6.17. The summed E-state index contributed by atoms with van der Waals surface area (Å²) in [5, 5.41) is 20.5. The third-order valence-electron chi connectivity index (χ3n) is 3.13. The highest BCUT2D eigenvalue weighted by molar-refractivity contribution is 6.30. The molecule has 1 N–H and O–H groups in total. The molecule has 0 fully saturated rings. The first kappa shape index (κ1) is 15.4. The van der Waals surface area contributed by atoms with E-state index in [4.69, 9.17) is 16.7 Å². The number of nitrogens with zero attached hydrogens (tertiary/aromatic N) is 4. The molecule has 0 spiro atoms. The summed E-state index contributed by atoms with van der Waals surface area (Å²) in [6.07, 6.45) is -0.155. The van der Waals surface area contributed by atoms with Gasteiger partial charge in [-0.05, 0) is 34.5 Å². The van der Waals surface area contributed by atoms with E-state index in [2.05, 4.69) is 15.5 Å². The second-order valence-corrected chi connectivity index (χ2v) is 5.42. The zero-order valence-corrected chi connectivity index (χ0v) is 12.3. The molecular weight excluding hydrogens is 299 g/mol. The third-order valence-corrected chi connectivity index (χ3v) is 3.36. The van der Waals surface area contributed by atoms with Crippen LogP contribution in [0.3, 0.4) is 0 Å². The molecule has 0 amide bonds. The zero-order valence-electron chi connectivity index (χ0n) is 11.5. The first-order valence-corrected chi connectivity index (χ1v) is 6.73. The van der Waals surface area contributed by atoms with Gasteiger partial charge in [0.25, 0.3) is 0 Å². The number of rotatable bonds is 5. The Morgan fingerprint density at radius 1 is 1.48 bits per heavy atom. The van der Waals surface area contributed by atoms with Crippen LogP contribution in [0.1, 0.15) is 26.3 Å². The van der Waals surface area contributed by atoms with Gasteiger partial charge in [-0.2, -0.15) is 0 Å². The van der Waals surface area contributed by atoms with Crippen molar-refractivity contribution in [3.8, 4) is 11.4 Å². The van der Waals surface area contributed by atoms with Crippen LogP contribution >= 0.6 is 11.6 Å². The number of halogens is 2. The molecule has 0 radical (unpaired) electrons. The monoisotopic (exact) mass is 312 g/mol. The molecule has 1 aromatic carbocycles. The second-order valence-electron chi connectivity index (χ2n) is 4.98. The van der Waals surface area contributed by atoms with Crippen LogP contribution in [0.4, 0.5) is 4.39 Å². The van der Waals surface area contributed by atoms with Crippen molar-refractivity contribution in [3.63, 3.8) is 0 Å². The number of aliphatic carboxylic acids is 1. The molecule has 8 heteroatoms. The summed E-state index contributed by atoms with van der Waals surface area (Å²) < 4.78 is 15.3. The van der Waals surface area contributed by atoms with Crippen LogP contribution in [0.5, 0.6) is 0 Å². The Balaban J connectivity index is 2.50. The quantitative estimate of drug-likeness (QED) is 0.918. The summed E-state index contributed by atoms with van der Waals surface area (Å²) in [4.78, 5) is 11.0. The Hall–Kier alpha value is -2.02. The molecule has 1 aromatic heterocycles. The van der Waals surface area contributed by atoms with Gasteiger partial charge in [0, 0.05) is 5.02 Å². The maximum atomic E-state index is 14.0. The average Bonchev–Trinajstić information content (AvgIpc) is 2.87. The van der Waals surface area contributed by atoms with E-state index < -0.39 is 17.8 Å². The molecule has 1 atom stereocenters. The van der Waals surface area contributed by atoms with Crippen molar-refractivity contribution in [1.29, 1.82) is 0 Å². The van der Waals surface area contributed by atoms with Gasteiger partial charge in [-0.25, -0.2) is 9.07 Å². The fourth-order valence-corrected chi connectivity index (χ4v) is 2.22. The number of carboxylic acids is 1. The van der Waals surface area contributed by atoms with Gasteiger partial charge in [-0.1, -0.05) is 25.4 Å². The first-order valence-electron chi connectivity index (χ1n) is 6.35. The van der Waals surface area contributed by atoms with Crippen molar-refractivity contribution >= 4 is 17.6 Å². The van der Waals surface area contributed by atoms with Gasteiger partial charge >= 0.3 is 5.97 Å². The highest BCUT2D eigenvalue weighted by Crippen LogP contribution is 2.29. The topological polar surface area (TPSA) is 80.9 Å². The van der Waals surface area contributed by atoms with E-state index in [1.54, 1.807) is 0 Å². The fraction of sp³-hybridized carbons (Fsp3) is 0.385. The summed E-state index contributed by atoms with van der Waals surface area (Å²) in [5.74, 6) is -1.37. The summed E-state index contributed by atoms with van der Waals surface area (Å²) in [6, 6.07) is 3.58. The zero-order chi connectivity index (χ0) is 15.6. The minimum atomic E-state index is -0.971. The fourth-order valence-electron chi connectivity index (χ4n) is 2.05. The molecule has 0 aliphatic heterocycles.